The van der Waals surface area contributed by atoms with Crippen molar-refractivity contribution in [3.63, 3.8) is 0 Å². The molecule has 1 atom stereocenters. The molecular formula is C14H20N2O3. The molecule has 1 amide bonds. The number of ether oxygens (including phenoxy) is 2. The number of hydrogen-bond donors (Lipinski definition) is 2. The van der Waals surface area contributed by atoms with Gasteiger partial charge in [-0.05, 0) is 18.6 Å². The van der Waals surface area contributed by atoms with E-state index >= 15 is 0 Å². The molecule has 1 aromatic carbocycles. The van der Waals surface area contributed by atoms with Crippen molar-refractivity contribution in [1.82, 2.24) is 5.32 Å². The highest BCUT2D eigenvalue weighted by atomic mass is 16.5. The summed E-state index contributed by atoms with van der Waals surface area (Å²) in [5, 5.41) is 2.90. The predicted molar refractivity (Wildman–Crippen MR) is 72.9 cm³/mol. The third-order valence-corrected chi connectivity index (χ3v) is 3.07. The van der Waals surface area contributed by atoms with Gasteiger partial charge in [0, 0.05) is 30.8 Å². The Labute approximate surface area is 113 Å². The molecule has 5 nitrogen and oxygen atoms in total. The van der Waals surface area contributed by atoms with E-state index in [4.69, 9.17) is 15.2 Å². The highest BCUT2D eigenvalue weighted by Gasteiger charge is 2.16. The molecule has 1 heterocycles. The molecule has 19 heavy (non-hydrogen) atoms. The molecule has 1 aliphatic heterocycles. The summed E-state index contributed by atoms with van der Waals surface area (Å²) in [5.41, 5.74) is 6.29. The van der Waals surface area contributed by atoms with E-state index in [-0.39, 0.29) is 5.91 Å². The minimum absolute atomic E-state index is 0.0100. The van der Waals surface area contributed by atoms with Crippen molar-refractivity contribution in [2.24, 2.45) is 5.92 Å². The number of nitrogen functional groups attached to an aromatic ring is 1. The van der Waals surface area contributed by atoms with Gasteiger partial charge in [0.1, 0.15) is 5.75 Å². The molecule has 1 aromatic rings. The molecule has 0 aliphatic carbocycles. The number of nitrogens with one attached hydrogen (secondary N) is 1. The number of carbonyl (C=O) groups is 1. The average molecular weight is 264 g/mol. The van der Waals surface area contributed by atoms with E-state index in [1.165, 1.54) is 0 Å². The number of anilines is 1. The van der Waals surface area contributed by atoms with Gasteiger partial charge in [0.05, 0.1) is 19.6 Å². The molecule has 1 fully saturated rings. The second kappa shape index (κ2) is 6.99. The first-order valence-corrected chi connectivity index (χ1v) is 6.57. The summed E-state index contributed by atoms with van der Waals surface area (Å²) >= 11 is 0. The van der Waals surface area contributed by atoms with Crippen molar-refractivity contribution < 1.29 is 14.3 Å². The molecule has 2 rings (SSSR count). The Morgan fingerprint density at radius 3 is 3.16 bits per heavy atom. The molecule has 0 radical (unpaired) electrons. The lowest BCUT2D eigenvalue weighted by Gasteiger charge is -2.10. The Bertz CT molecular complexity index is 417. The summed E-state index contributed by atoms with van der Waals surface area (Å²) in [6, 6.07) is 7.19. The average Bonchev–Trinajstić information content (AvgIpc) is 2.89. The van der Waals surface area contributed by atoms with Crippen LogP contribution in [0.4, 0.5) is 5.69 Å². The number of nitrogens with two attached hydrogens (primary N) is 1. The van der Waals surface area contributed by atoms with Crippen LogP contribution < -0.4 is 15.8 Å². The van der Waals surface area contributed by atoms with Gasteiger partial charge in [0.15, 0.2) is 0 Å². The third-order valence-electron chi connectivity index (χ3n) is 3.07. The first kappa shape index (κ1) is 13.7. The zero-order valence-electron chi connectivity index (χ0n) is 10.9. The van der Waals surface area contributed by atoms with Crippen molar-refractivity contribution in [2.75, 3.05) is 32.1 Å². The maximum atomic E-state index is 11.6. The summed E-state index contributed by atoms with van der Waals surface area (Å²) in [7, 11) is 0. The highest BCUT2D eigenvalue weighted by Crippen LogP contribution is 2.14. The number of rotatable bonds is 6. The number of benzene rings is 1. The minimum Gasteiger partial charge on any atom is -0.493 e. The molecular weight excluding hydrogens is 244 g/mol. The van der Waals surface area contributed by atoms with Crippen LogP contribution in [0.3, 0.4) is 0 Å². The molecule has 0 bridgehead atoms. The van der Waals surface area contributed by atoms with E-state index < -0.39 is 0 Å². The molecule has 5 heteroatoms. The monoisotopic (exact) mass is 264 g/mol. The summed E-state index contributed by atoms with van der Waals surface area (Å²) < 4.78 is 10.7. The van der Waals surface area contributed by atoms with E-state index in [1.54, 1.807) is 12.1 Å². The second-order valence-electron chi connectivity index (χ2n) is 4.70. The fourth-order valence-corrected chi connectivity index (χ4v) is 1.96. The Morgan fingerprint density at radius 1 is 1.53 bits per heavy atom. The lowest BCUT2D eigenvalue weighted by Crippen LogP contribution is -2.30. The van der Waals surface area contributed by atoms with Gasteiger partial charge in [-0.3, -0.25) is 4.79 Å². The quantitative estimate of drug-likeness (QED) is 0.757. The molecule has 104 valence electrons. The molecule has 0 saturated carbocycles. The van der Waals surface area contributed by atoms with Gasteiger partial charge in [0.2, 0.25) is 5.91 Å². The van der Waals surface area contributed by atoms with Gasteiger partial charge in [-0.2, -0.15) is 0 Å². The Kier molecular flexibility index (Phi) is 5.03. The Morgan fingerprint density at radius 2 is 2.42 bits per heavy atom. The van der Waals surface area contributed by atoms with E-state index in [0.717, 1.165) is 19.6 Å². The molecule has 1 saturated heterocycles. The van der Waals surface area contributed by atoms with Gasteiger partial charge >= 0.3 is 0 Å². The fourth-order valence-electron chi connectivity index (χ4n) is 1.96. The molecule has 0 spiro atoms. The second-order valence-corrected chi connectivity index (χ2v) is 4.70. The smallest absolute Gasteiger partial charge is 0.223 e. The first-order chi connectivity index (χ1) is 9.24. The lowest BCUT2D eigenvalue weighted by atomic mass is 10.1. The van der Waals surface area contributed by atoms with Gasteiger partial charge in [0.25, 0.3) is 0 Å². The number of carbonyl (C=O) groups excluding carboxylic acids is 1. The molecule has 3 N–H and O–H groups in total. The largest absolute Gasteiger partial charge is 0.493 e. The van der Waals surface area contributed by atoms with Gasteiger partial charge in [-0.15, -0.1) is 0 Å². The van der Waals surface area contributed by atoms with Crippen molar-refractivity contribution in [3.05, 3.63) is 24.3 Å². The van der Waals surface area contributed by atoms with E-state index in [9.17, 15) is 4.79 Å². The normalized spacial score (nSPS) is 18.2. The minimum atomic E-state index is 0.0100. The van der Waals surface area contributed by atoms with Crippen LogP contribution in [0.5, 0.6) is 5.75 Å². The highest BCUT2D eigenvalue weighted by molar-refractivity contribution is 5.75. The predicted octanol–water partition coefficient (Wildman–Crippen LogP) is 1.19. The van der Waals surface area contributed by atoms with Gasteiger partial charge in [-0.1, -0.05) is 6.07 Å². The van der Waals surface area contributed by atoms with Crippen LogP contribution in [0, 0.1) is 5.92 Å². The maximum Gasteiger partial charge on any atom is 0.223 e. The summed E-state index contributed by atoms with van der Waals surface area (Å²) in [4.78, 5) is 11.6. The first-order valence-electron chi connectivity index (χ1n) is 6.57. The van der Waals surface area contributed by atoms with Crippen molar-refractivity contribution in [3.8, 4) is 5.75 Å². The van der Waals surface area contributed by atoms with Crippen molar-refractivity contribution in [2.45, 2.75) is 12.8 Å². The van der Waals surface area contributed by atoms with Crippen molar-refractivity contribution in [1.29, 1.82) is 0 Å². The summed E-state index contributed by atoms with van der Waals surface area (Å²) in [6.45, 7) is 2.60. The van der Waals surface area contributed by atoms with E-state index in [2.05, 4.69) is 5.32 Å². The van der Waals surface area contributed by atoms with Crippen LogP contribution in [-0.2, 0) is 9.53 Å². The van der Waals surface area contributed by atoms with Crippen LogP contribution >= 0.6 is 0 Å². The van der Waals surface area contributed by atoms with Crippen LogP contribution in [0.2, 0.25) is 0 Å². The SMILES string of the molecule is Nc1cccc(OCCC(=O)NCC2CCOC2)c1. The third kappa shape index (κ3) is 4.79. The Hall–Kier alpha value is -1.75. The van der Waals surface area contributed by atoms with Gasteiger partial charge in [-0.25, -0.2) is 0 Å². The topological polar surface area (TPSA) is 73.6 Å². The van der Waals surface area contributed by atoms with Crippen LogP contribution in [0.15, 0.2) is 24.3 Å². The maximum absolute atomic E-state index is 11.6. The van der Waals surface area contributed by atoms with Crippen molar-refractivity contribution >= 4 is 11.6 Å². The summed E-state index contributed by atoms with van der Waals surface area (Å²) in [6.07, 6.45) is 1.38. The fraction of sp³-hybridized carbons (Fsp3) is 0.500. The van der Waals surface area contributed by atoms with Crippen LogP contribution in [-0.4, -0.2) is 32.3 Å². The number of hydrogen-bond acceptors (Lipinski definition) is 4. The summed E-state index contributed by atoms with van der Waals surface area (Å²) in [5.74, 6) is 1.16. The van der Waals surface area contributed by atoms with E-state index in [1.807, 2.05) is 12.1 Å². The van der Waals surface area contributed by atoms with Gasteiger partial charge < -0.3 is 20.5 Å². The standard InChI is InChI=1S/C14H20N2O3/c15-12-2-1-3-13(8-12)19-7-5-14(17)16-9-11-4-6-18-10-11/h1-3,8,11H,4-7,9-10,15H2,(H,16,17). The number of amides is 1. The molecule has 0 aromatic heterocycles. The van der Waals surface area contributed by atoms with Crippen LogP contribution in [0.25, 0.3) is 0 Å². The zero-order valence-corrected chi connectivity index (χ0v) is 10.9. The Balaban J connectivity index is 1.60. The lowest BCUT2D eigenvalue weighted by molar-refractivity contribution is -0.121. The zero-order chi connectivity index (χ0) is 13.5. The van der Waals surface area contributed by atoms with E-state index in [0.29, 0.717) is 36.9 Å². The molecule has 1 aliphatic rings. The molecule has 1 unspecified atom stereocenters. The van der Waals surface area contributed by atoms with Crippen LogP contribution in [0.1, 0.15) is 12.8 Å².